The van der Waals surface area contributed by atoms with E-state index in [0.717, 1.165) is 35.7 Å². The fraction of sp³-hybridized carbons (Fsp3) is 0.300. The Kier molecular flexibility index (Phi) is 8.44. The van der Waals surface area contributed by atoms with E-state index in [4.69, 9.17) is 17.0 Å². The summed E-state index contributed by atoms with van der Waals surface area (Å²) in [7, 11) is 1.38. The first-order valence-corrected chi connectivity index (χ1v) is 10.0. The first kappa shape index (κ1) is 20.3. The van der Waals surface area contributed by atoms with Gasteiger partial charge in [0.15, 0.2) is 5.11 Å². The molecular weight excluding hydrogens is 364 g/mol. The summed E-state index contributed by atoms with van der Waals surface area (Å²) < 4.78 is 4.79. The fourth-order valence-corrected chi connectivity index (χ4v) is 3.54. The Bertz CT molecular complexity index is 736. The van der Waals surface area contributed by atoms with Gasteiger partial charge >= 0.3 is 5.97 Å². The van der Waals surface area contributed by atoms with Crippen LogP contribution in [0.4, 0.5) is 5.69 Å². The van der Waals surface area contributed by atoms with E-state index in [2.05, 4.69) is 34.9 Å². The van der Waals surface area contributed by atoms with E-state index in [-0.39, 0.29) is 5.97 Å². The van der Waals surface area contributed by atoms with E-state index in [1.165, 1.54) is 12.7 Å². The highest BCUT2D eigenvalue weighted by Gasteiger charge is 2.12. The number of hydrogen-bond acceptors (Lipinski definition) is 4. The Labute approximate surface area is 164 Å². The van der Waals surface area contributed by atoms with E-state index in [1.54, 1.807) is 6.07 Å². The van der Waals surface area contributed by atoms with Gasteiger partial charge in [0.2, 0.25) is 0 Å². The first-order chi connectivity index (χ1) is 12.6. The van der Waals surface area contributed by atoms with Crippen LogP contribution in [0.25, 0.3) is 0 Å². The van der Waals surface area contributed by atoms with Gasteiger partial charge in [-0.2, -0.15) is 11.8 Å². The maximum Gasteiger partial charge on any atom is 0.338 e. The zero-order valence-electron chi connectivity index (χ0n) is 15.1. The molecule has 2 aromatic rings. The Morgan fingerprint density at radius 3 is 2.65 bits per heavy atom. The molecule has 0 radical (unpaired) electrons. The normalized spacial score (nSPS) is 10.2. The largest absolute Gasteiger partial charge is 0.465 e. The van der Waals surface area contributed by atoms with Crippen LogP contribution >= 0.6 is 24.0 Å². The molecule has 6 heteroatoms. The third-order valence-corrected chi connectivity index (χ3v) is 5.21. The predicted octanol–water partition coefficient (Wildman–Crippen LogP) is 4.39. The van der Waals surface area contributed by atoms with Crippen LogP contribution in [0, 0.1) is 6.92 Å². The number of ether oxygens (including phenoxy) is 1. The third kappa shape index (κ3) is 6.35. The minimum atomic E-state index is -0.347. The van der Waals surface area contributed by atoms with Crippen molar-refractivity contribution in [2.45, 2.75) is 19.1 Å². The molecule has 0 spiro atoms. The molecule has 0 fully saturated rings. The zero-order valence-corrected chi connectivity index (χ0v) is 16.7. The fourth-order valence-electron chi connectivity index (χ4n) is 2.41. The topological polar surface area (TPSA) is 50.4 Å². The molecule has 0 aliphatic heterocycles. The highest BCUT2D eigenvalue weighted by atomic mass is 32.2. The van der Waals surface area contributed by atoms with Gasteiger partial charge in [-0.1, -0.05) is 36.4 Å². The molecule has 0 aliphatic carbocycles. The SMILES string of the molecule is COC(=O)c1cccc(NC(=S)NCCCSCc2ccccc2)c1C. The van der Waals surface area contributed by atoms with Gasteiger partial charge in [-0.25, -0.2) is 4.79 Å². The lowest BCUT2D eigenvalue weighted by Gasteiger charge is -2.14. The molecule has 0 saturated carbocycles. The molecule has 0 bridgehead atoms. The van der Waals surface area contributed by atoms with Crippen molar-refractivity contribution in [3.05, 3.63) is 65.2 Å². The molecule has 0 unspecified atom stereocenters. The van der Waals surface area contributed by atoms with Crippen LogP contribution in [-0.2, 0) is 10.5 Å². The van der Waals surface area contributed by atoms with Gasteiger partial charge in [0.25, 0.3) is 0 Å². The molecule has 0 amide bonds. The zero-order chi connectivity index (χ0) is 18.8. The summed E-state index contributed by atoms with van der Waals surface area (Å²) in [6.07, 6.45) is 1.03. The number of benzene rings is 2. The standard InChI is InChI=1S/C20H24N2O2S2/c1-15-17(19(23)24-2)10-6-11-18(15)22-20(25)21-12-7-13-26-14-16-8-4-3-5-9-16/h3-6,8-11H,7,12-14H2,1-2H3,(H2,21,22,25). The molecule has 4 nitrogen and oxygen atoms in total. The van der Waals surface area contributed by atoms with E-state index in [0.29, 0.717) is 10.7 Å². The van der Waals surface area contributed by atoms with Crippen molar-refractivity contribution in [1.82, 2.24) is 5.32 Å². The number of anilines is 1. The molecule has 26 heavy (non-hydrogen) atoms. The molecule has 0 aromatic heterocycles. The smallest absolute Gasteiger partial charge is 0.338 e. The lowest BCUT2D eigenvalue weighted by molar-refractivity contribution is 0.0600. The molecule has 138 valence electrons. The number of nitrogens with one attached hydrogen (secondary N) is 2. The van der Waals surface area contributed by atoms with Crippen molar-refractivity contribution >= 4 is 40.7 Å². The summed E-state index contributed by atoms with van der Waals surface area (Å²) in [5.41, 5.74) is 3.52. The second kappa shape index (κ2) is 10.8. The maximum atomic E-state index is 11.7. The van der Waals surface area contributed by atoms with Crippen molar-refractivity contribution < 1.29 is 9.53 Å². The molecule has 2 aromatic carbocycles. The number of rotatable bonds is 8. The average molecular weight is 389 g/mol. The summed E-state index contributed by atoms with van der Waals surface area (Å²) in [6.45, 7) is 2.68. The second-order valence-corrected chi connectivity index (χ2v) is 7.26. The van der Waals surface area contributed by atoms with Crippen LogP contribution in [0.2, 0.25) is 0 Å². The second-order valence-electron chi connectivity index (χ2n) is 5.74. The molecule has 0 heterocycles. The van der Waals surface area contributed by atoms with E-state index in [1.807, 2.05) is 36.9 Å². The number of hydrogen-bond donors (Lipinski definition) is 2. The number of thiocarbonyl (C=S) groups is 1. The van der Waals surface area contributed by atoms with Gasteiger partial charge < -0.3 is 15.4 Å². The van der Waals surface area contributed by atoms with Crippen molar-refractivity contribution in [1.29, 1.82) is 0 Å². The number of thioether (sulfide) groups is 1. The van der Waals surface area contributed by atoms with Crippen molar-refractivity contribution in [2.75, 3.05) is 24.7 Å². The maximum absolute atomic E-state index is 11.7. The summed E-state index contributed by atoms with van der Waals surface area (Å²) in [5, 5.41) is 6.92. The Morgan fingerprint density at radius 1 is 1.15 bits per heavy atom. The number of esters is 1. The minimum Gasteiger partial charge on any atom is -0.465 e. The van der Waals surface area contributed by atoms with Crippen molar-refractivity contribution in [2.24, 2.45) is 0 Å². The van der Waals surface area contributed by atoms with E-state index in [9.17, 15) is 4.79 Å². The Hall–Kier alpha value is -2.05. The highest BCUT2D eigenvalue weighted by molar-refractivity contribution is 7.98. The molecular formula is C20H24N2O2S2. The average Bonchev–Trinajstić information content (AvgIpc) is 2.66. The molecule has 2 rings (SSSR count). The number of carbonyl (C=O) groups excluding carboxylic acids is 1. The van der Waals surface area contributed by atoms with E-state index < -0.39 is 0 Å². The van der Waals surface area contributed by atoms with Gasteiger partial charge in [0.05, 0.1) is 12.7 Å². The van der Waals surface area contributed by atoms with Crippen molar-refractivity contribution in [3.8, 4) is 0 Å². The van der Waals surface area contributed by atoms with Crippen LogP contribution in [0.1, 0.15) is 27.9 Å². The summed E-state index contributed by atoms with van der Waals surface area (Å²) in [6, 6.07) is 15.9. The monoisotopic (exact) mass is 388 g/mol. The first-order valence-electron chi connectivity index (χ1n) is 8.46. The summed E-state index contributed by atoms with van der Waals surface area (Å²) >= 11 is 7.26. The molecule has 0 atom stereocenters. The summed E-state index contributed by atoms with van der Waals surface area (Å²) in [4.78, 5) is 11.7. The van der Waals surface area contributed by atoms with Gasteiger partial charge in [0.1, 0.15) is 0 Å². The predicted molar refractivity (Wildman–Crippen MR) is 114 cm³/mol. The number of methoxy groups -OCH3 is 1. The van der Waals surface area contributed by atoms with Crippen LogP contribution in [0.15, 0.2) is 48.5 Å². The van der Waals surface area contributed by atoms with Crippen LogP contribution in [0.3, 0.4) is 0 Å². The quantitative estimate of drug-likeness (QED) is 0.397. The molecule has 2 N–H and O–H groups in total. The third-order valence-electron chi connectivity index (χ3n) is 3.85. The van der Waals surface area contributed by atoms with Gasteiger partial charge in [0, 0.05) is 18.0 Å². The lowest BCUT2D eigenvalue weighted by Crippen LogP contribution is -2.30. The lowest BCUT2D eigenvalue weighted by atomic mass is 10.1. The highest BCUT2D eigenvalue weighted by Crippen LogP contribution is 2.19. The van der Waals surface area contributed by atoms with Gasteiger partial charge in [-0.3, -0.25) is 0 Å². The minimum absolute atomic E-state index is 0.347. The van der Waals surface area contributed by atoms with Crippen molar-refractivity contribution in [3.63, 3.8) is 0 Å². The van der Waals surface area contributed by atoms with Crippen LogP contribution < -0.4 is 10.6 Å². The number of carbonyl (C=O) groups is 1. The van der Waals surface area contributed by atoms with Gasteiger partial charge in [-0.15, -0.1) is 0 Å². The Balaban J connectivity index is 1.70. The van der Waals surface area contributed by atoms with Gasteiger partial charge in [-0.05, 0) is 54.6 Å². The van der Waals surface area contributed by atoms with Crippen LogP contribution in [0.5, 0.6) is 0 Å². The molecule has 0 aliphatic rings. The van der Waals surface area contributed by atoms with Crippen LogP contribution in [-0.4, -0.2) is 30.5 Å². The van der Waals surface area contributed by atoms with E-state index >= 15 is 0 Å². The molecule has 0 saturated heterocycles. The Morgan fingerprint density at radius 2 is 1.92 bits per heavy atom. The summed E-state index contributed by atoms with van der Waals surface area (Å²) in [5.74, 6) is 1.75.